The number of esters is 1. The minimum absolute atomic E-state index is 0. The van der Waals surface area contributed by atoms with Crippen molar-refractivity contribution in [2.75, 3.05) is 13.7 Å². The molecule has 1 rings (SSSR count). The minimum atomic E-state index is -0.470. The summed E-state index contributed by atoms with van der Waals surface area (Å²) in [6.07, 6.45) is 0.0901. The van der Waals surface area contributed by atoms with Crippen LogP contribution in [0, 0.1) is 0 Å². The van der Waals surface area contributed by atoms with Crippen LogP contribution in [-0.4, -0.2) is 24.8 Å². The summed E-state index contributed by atoms with van der Waals surface area (Å²) >= 11 is 0. The van der Waals surface area contributed by atoms with Crippen molar-refractivity contribution < 1.29 is 19.4 Å². The molecule has 0 aromatic heterocycles. The first-order valence-electron chi connectivity index (χ1n) is 5.36. The zero-order valence-electron chi connectivity index (χ0n) is 10.4. The Morgan fingerprint density at radius 1 is 1.50 bits per heavy atom. The average Bonchev–Trinajstić information content (AvgIpc) is 2.32. The van der Waals surface area contributed by atoms with Gasteiger partial charge in [-0.1, -0.05) is 6.07 Å². The van der Waals surface area contributed by atoms with E-state index in [2.05, 4.69) is 4.74 Å². The van der Waals surface area contributed by atoms with Crippen molar-refractivity contribution in [1.82, 2.24) is 0 Å². The zero-order chi connectivity index (χ0) is 12.8. The van der Waals surface area contributed by atoms with Crippen molar-refractivity contribution in [3.05, 3.63) is 23.8 Å². The number of phenolic OH excluding ortho intramolecular Hbond substituents is 1. The Balaban J connectivity index is 0.00000289. The van der Waals surface area contributed by atoms with Crippen molar-refractivity contribution in [3.63, 3.8) is 0 Å². The van der Waals surface area contributed by atoms with Crippen molar-refractivity contribution in [2.45, 2.75) is 19.4 Å². The minimum Gasteiger partial charge on any atom is -0.504 e. The van der Waals surface area contributed by atoms with Crippen LogP contribution in [0.1, 0.15) is 24.9 Å². The zero-order valence-corrected chi connectivity index (χ0v) is 11.2. The van der Waals surface area contributed by atoms with Crippen molar-refractivity contribution >= 4 is 18.4 Å². The second-order valence-corrected chi connectivity index (χ2v) is 3.55. The molecule has 0 aliphatic heterocycles. The van der Waals surface area contributed by atoms with Gasteiger partial charge in [-0.3, -0.25) is 4.79 Å². The Labute approximate surface area is 112 Å². The quantitative estimate of drug-likeness (QED) is 0.801. The normalized spacial score (nSPS) is 11.3. The number of carbonyl (C=O) groups is 1. The van der Waals surface area contributed by atoms with E-state index in [1.807, 2.05) is 6.92 Å². The van der Waals surface area contributed by atoms with E-state index in [4.69, 9.17) is 10.5 Å². The fourth-order valence-corrected chi connectivity index (χ4v) is 1.41. The summed E-state index contributed by atoms with van der Waals surface area (Å²) in [7, 11) is 1.32. The van der Waals surface area contributed by atoms with Crippen molar-refractivity contribution in [1.29, 1.82) is 0 Å². The molecule has 6 heteroatoms. The summed E-state index contributed by atoms with van der Waals surface area (Å²) in [5, 5.41) is 9.52. The molecule has 0 spiro atoms. The molecule has 0 heterocycles. The molecule has 0 amide bonds. The van der Waals surface area contributed by atoms with Crippen LogP contribution < -0.4 is 10.5 Å². The van der Waals surface area contributed by atoms with E-state index in [1.165, 1.54) is 13.2 Å². The maximum Gasteiger partial charge on any atom is 0.307 e. The van der Waals surface area contributed by atoms with Crippen LogP contribution >= 0.6 is 12.4 Å². The number of ether oxygens (including phenoxy) is 2. The number of hydrogen-bond acceptors (Lipinski definition) is 5. The molecule has 0 fully saturated rings. The number of halogens is 1. The van der Waals surface area contributed by atoms with Gasteiger partial charge in [-0.05, 0) is 24.6 Å². The molecule has 0 radical (unpaired) electrons. The predicted molar refractivity (Wildman–Crippen MR) is 70.1 cm³/mol. The lowest BCUT2D eigenvalue weighted by atomic mass is 10.0. The van der Waals surface area contributed by atoms with E-state index in [0.717, 1.165) is 5.56 Å². The molecular weight excluding hydrogens is 258 g/mol. The number of aromatic hydroxyl groups is 1. The number of carbonyl (C=O) groups excluding carboxylic acids is 1. The highest BCUT2D eigenvalue weighted by Gasteiger charge is 2.14. The maximum atomic E-state index is 11.1. The Morgan fingerprint density at radius 2 is 2.17 bits per heavy atom. The van der Waals surface area contributed by atoms with Gasteiger partial charge in [-0.25, -0.2) is 0 Å². The van der Waals surface area contributed by atoms with Gasteiger partial charge in [0.1, 0.15) is 0 Å². The van der Waals surface area contributed by atoms with Gasteiger partial charge < -0.3 is 20.3 Å². The number of hydrogen-bond donors (Lipinski definition) is 2. The summed E-state index contributed by atoms with van der Waals surface area (Å²) in [6, 6.07) is 4.32. The van der Waals surface area contributed by atoms with Crippen molar-refractivity contribution in [3.8, 4) is 11.5 Å². The first-order chi connectivity index (χ1) is 8.08. The molecule has 0 unspecified atom stereocenters. The largest absolute Gasteiger partial charge is 0.504 e. The summed E-state index contributed by atoms with van der Waals surface area (Å²) in [4.78, 5) is 11.1. The molecule has 18 heavy (non-hydrogen) atoms. The van der Waals surface area contributed by atoms with Gasteiger partial charge in [0, 0.05) is 6.04 Å². The molecule has 0 bridgehead atoms. The number of rotatable bonds is 5. The molecular formula is C12H18ClNO4. The number of methoxy groups -OCH3 is 1. The van der Waals surface area contributed by atoms with Crippen LogP contribution in [0.15, 0.2) is 18.2 Å². The van der Waals surface area contributed by atoms with Gasteiger partial charge in [0.2, 0.25) is 0 Å². The third-order valence-corrected chi connectivity index (χ3v) is 2.33. The highest BCUT2D eigenvalue weighted by atomic mass is 35.5. The molecule has 0 saturated heterocycles. The van der Waals surface area contributed by atoms with E-state index in [-0.39, 0.29) is 30.5 Å². The van der Waals surface area contributed by atoms with Gasteiger partial charge in [0.25, 0.3) is 0 Å². The molecule has 1 atom stereocenters. The van der Waals surface area contributed by atoms with Crippen LogP contribution in [0.5, 0.6) is 11.5 Å². The third-order valence-electron chi connectivity index (χ3n) is 2.33. The highest BCUT2D eigenvalue weighted by Crippen LogP contribution is 2.29. The molecule has 0 aliphatic carbocycles. The second kappa shape index (κ2) is 7.79. The fourth-order valence-electron chi connectivity index (χ4n) is 1.41. The summed E-state index contributed by atoms with van der Waals surface area (Å²) in [5.74, 6) is 0.0507. The lowest BCUT2D eigenvalue weighted by Crippen LogP contribution is -2.16. The Bertz CT molecular complexity index is 398. The van der Waals surface area contributed by atoms with Gasteiger partial charge in [0.15, 0.2) is 11.5 Å². The molecule has 5 nitrogen and oxygen atoms in total. The number of benzene rings is 1. The predicted octanol–water partition coefficient (Wildman–Crippen LogP) is 1.78. The van der Waals surface area contributed by atoms with Crippen molar-refractivity contribution in [2.24, 2.45) is 5.73 Å². The maximum absolute atomic E-state index is 11.1. The van der Waals surface area contributed by atoms with Crippen LogP contribution in [0.25, 0.3) is 0 Å². The van der Waals surface area contributed by atoms with E-state index < -0.39 is 6.04 Å². The smallest absolute Gasteiger partial charge is 0.307 e. The standard InChI is InChI=1S/C12H17NO4.ClH/c1-3-17-11-6-8(4-5-10(11)14)9(13)7-12(15)16-2;/h4-6,9,14H,3,7,13H2,1-2H3;1H/t9-;/m1./s1. The molecule has 3 N–H and O–H groups in total. The molecule has 0 aliphatic rings. The fraction of sp³-hybridized carbons (Fsp3) is 0.417. The Morgan fingerprint density at radius 3 is 2.72 bits per heavy atom. The van der Waals surface area contributed by atoms with Gasteiger partial charge in [-0.15, -0.1) is 12.4 Å². The Kier molecular flexibility index (Phi) is 7.16. The van der Waals surface area contributed by atoms with Gasteiger partial charge >= 0.3 is 5.97 Å². The number of nitrogens with two attached hydrogens (primary N) is 1. The SMILES string of the molecule is CCOc1cc([C@H](N)CC(=O)OC)ccc1O.Cl. The molecule has 1 aromatic rings. The van der Waals surface area contributed by atoms with Crippen LogP contribution in [0.4, 0.5) is 0 Å². The first-order valence-corrected chi connectivity index (χ1v) is 5.36. The van der Waals surface area contributed by atoms with Gasteiger partial charge in [-0.2, -0.15) is 0 Å². The second-order valence-electron chi connectivity index (χ2n) is 3.55. The van der Waals surface area contributed by atoms with E-state index in [1.54, 1.807) is 12.1 Å². The first kappa shape index (κ1) is 16.5. The molecule has 0 saturated carbocycles. The highest BCUT2D eigenvalue weighted by molar-refractivity contribution is 5.85. The van der Waals surface area contributed by atoms with E-state index >= 15 is 0 Å². The lowest BCUT2D eigenvalue weighted by molar-refractivity contribution is -0.141. The summed E-state index contributed by atoms with van der Waals surface area (Å²) < 4.78 is 9.78. The summed E-state index contributed by atoms with van der Waals surface area (Å²) in [5.41, 5.74) is 6.57. The number of phenols is 1. The monoisotopic (exact) mass is 275 g/mol. The average molecular weight is 276 g/mol. The third kappa shape index (κ3) is 4.43. The summed E-state index contributed by atoms with van der Waals surface area (Å²) in [6.45, 7) is 2.27. The van der Waals surface area contributed by atoms with Crippen LogP contribution in [0.2, 0.25) is 0 Å². The van der Waals surface area contributed by atoms with E-state index in [0.29, 0.717) is 12.4 Å². The molecule has 1 aromatic carbocycles. The van der Waals surface area contributed by atoms with E-state index in [9.17, 15) is 9.90 Å². The topological polar surface area (TPSA) is 81.8 Å². The van der Waals surface area contributed by atoms with Crippen LogP contribution in [-0.2, 0) is 9.53 Å². The lowest BCUT2D eigenvalue weighted by Gasteiger charge is -2.13. The molecule has 102 valence electrons. The van der Waals surface area contributed by atoms with Crippen LogP contribution in [0.3, 0.4) is 0 Å². The van der Waals surface area contributed by atoms with Gasteiger partial charge in [0.05, 0.1) is 20.1 Å². The Hall–Kier alpha value is -1.46.